The molecule has 0 spiro atoms. The van der Waals surface area contributed by atoms with Crippen LogP contribution < -0.4 is 9.42 Å². The molecule has 0 aliphatic rings. The van der Waals surface area contributed by atoms with E-state index in [9.17, 15) is 0 Å². The second-order valence-electron chi connectivity index (χ2n) is 7.07. The first kappa shape index (κ1) is 19.2. The number of aromatic nitrogens is 2. The average Bonchev–Trinajstić information content (AvgIpc) is 2.96. The summed E-state index contributed by atoms with van der Waals surface area (Å²) in [5.41, 5.74) is 4.62. The monoisotopic (exact) mass is 363 g/mol. The molecule has 0 saturated carbocycles. The van der Waals surface area contributed by atoms with Crippen molar-refractivity contribution in [2.45, 2.75) is 39.0 Å². The van der Waals surface area contributed by atoms with Crippen molar-refractivity contribution in [3.8, 4) is 28.3 Å². The fourth-order valence-corrected chi connectivity index (χ4v) is 3.55. The molecule has 0 amide bonds. The third-order valence-corrected chi connectivity index (χ3v) is 5.12. The molecular weight excluding hydrogens is 332 g/mol. The lowest BCUT2D eigenvalue weighted by Gasteiger charge is -2.07. The summed E-state index contributed by atoms with van der Waals surface area (Å²) in [5, 5.41) is 0. The standard InChI is InChI=1S/C24H31N2O/c1-4-5-6-7-14-19-27-24-22(20-15-10-8-11-16-20)25(2)26(3)23(24)21-17-12-9-13-18-21/h8-13,15-18H,4-7,14,19H2,1-3H3/q+1. The smallest absolute Gasteiger partial charge is 0.280 e. The molecule has 3 rings (SSSR count). The van der Waals surface area contributed by atoms with Gasteiger partial charge in [0.25, 0.3) is 5.69 Å². The van der Waals surface area contributed by atoms with E-state index in [2.05, 4.69) is 91.0 Å². The van der Waals surface area contributed by atoms with Gasteiger partial charge in [0, 0.05) is 5.56 Å². The summed E-state index contributed by atoms with van der Waals surface area (Å²) in [6.07, 6.45) is 6.20. The summed E-state index contributed by atoms with van der Waals surface area (Å²) in [6, 6.07) is 21.0. The number of hydrogen-bond donors (Lipinski definition) is 0. The SMILES string of the molecule is CCCCCCCOc1c(-c2ccccc2)n(C)[n+](C)c1-c1ccccc1. The number of unbranched alkanes of at least 4 members (excludes halogenated alkanes) is 4. The third kappa shape index (κ3) is 4.41. The van der Waals surface area contributed by atoms with E-state index in [4.69, 9.17) is 4.74 Å². The molecule has 0 radical (unpaired) electrons. The topological polar surface area (TPSA) is 18.0 Å². The Kier molecular flexibility index (Phi) is 6.69. The lowest BCUT2D eigenvalue weighted by Crippen LogP contribution is -2.39. The second kappa shape index (κ2) is 9.40. The molecule has 0 N–H and O–H groups in total. The second-order valence-corrected chi connectivity index (χ2v) is 7.07. The minimum Gasteiger partial charge on any atom is -0.485 e. The van der Waals surface area contributed by atoms with Gasteiger partial charge in [-0.25, -0.2) is 0 Å². The van der Waals surface area contributed by atoms with Crippen molar-refractivity contribution in [1.82, 2.24) is 4.68 Å². The highest BCUT2D eigenvalue weighted by molar-refractivity contribution is 5.76. The molecule has 0 bridgehead atoms. The molecule has 3 aromatic rings. The molecule has 1 heterocycles. The Morgan fingerprint density at radius 1 is 0.815 bits per heavy atom. The van der Waals surface area contributed by atoms with Crippen LogP contribution in [0.5, 0.6) is 5.75 Å². The molecular formula is C24H31N2O+. The summed E-state index contributed by atoms with van der Waals surface area (Å²) in [6.45, 7) is 3.01. The highest BCUT2D eigenvalue weighted by atomic mass is 16.5. The van der Waals surface area contributed by atoms with Crippen molar-refractivity contribution in [3.05, 3.63) is 60.7 Å². The van der Waals surface area contributed by atoms with Crippen LogP contribution in [0.25, 0.3) is 22.5 Å². The number of nitrogens with zero attached hydrogens (tertiary/aromatic N) is 2. The van der Waals surface area contributed by atoms with Crippen LogP contribution in [-0.2, 0) is 14.1 Å². The number of hydrogen-bond acceptors (Lipinski definition) is 1. The number of benzene rings is 2. The van der Waals surface area contributed by atoms with Crippen LogP contribution in [0, 0.1) is 0 Å². The molecule has 0 atom stereocenters. The Balaban J connectivity index is 1.95. The first-order valence-electron chi connectivity index (χ1n) is 10.1. The highest BCUT2D eigenvalue weighted by Gasteiger charge is 2.29. The van der Waals surface area contributed by atoms with Gasteiger partial charge in [0.1, 0.15) is 0 Å². The van der Waals surface area contributed by atoms with Gasteiger partial charge < -0.3 is 4.74 Å². The zero-order chi connectivity index (χ0) is 19.1. The van der Waals surface area contributed by atoms with Crippen LogP contribution in [0.3, 0.4) is 0 Å². The molecule has 0 aliphatic carbocycles. The average molecular weight is 364 g/mol. The number of ether oxygens (including phenoxy) is 1. The predicted molar refractivity (Wildman–Crippen MR) is 112 cm³/mol. The fourth-order valence-electron chi connectivity index (χ4n) is 3.55. The van der Waals surface area contributed by atoms with Crippen molar-refractivity contribution in [2.75, 3.05) is 6.61 Å². The molecule has 142 valence electrons. The van der Waals surface area contributed by atoms with Crippen molar-refractivity contribution in [1.29, 1.82) is 0 Å². The minimum absolute atomic E-state index is 0.757. The van der Waals surface area contributed by atoms with E-state index in [1.807, 2.05) is 0 Å². The van der Waals surface area contributed by atoms with E-state index in [1.165, 1.54) is 36.8 Å². The normalized spacial score (nSPS) is 10.9. The van der Waals surface area contributed by atoms with Gasteiger partial charge in [-0.05, 0) is 18.6 Å². The summed E-state index contributed by atoms with van der Waals surface area (Å²) in [4.78, 5) is 0. The van der Waals surface area contributed by atoms with Crippen LogP contribution in [0.1, 0.15) is 39.0 Å². The number of rotatable bonds is 9. The fraction of sp³-hybridized carbons (Fsp3) is 0.375. The Bertz CT molecular complexity index is 775. The summed E-state index contributed by atoms with van der Waals surface area (Å²) in [5.74, 6) is 0.980. The lowest BCUT2D eigenvalue weighted by molar-refractivity contribution is -0.740. The molecule has 3 heteroatoms. The minimum atomic E-state index is 0.757. The van der Waals surface area contributed by atoms with Crippen molar-refractivity contribution < 1.29 is 9.42 Å². The zero-order valence-corrected chi connectivity index (χ0v) is 16.8. The Morgan fingerprint density at radius 3 is 2.04 bits per heavy atom. The van der Waals surface area contributed by atoms with Crippen molar-refractivity contribution in [2.24, 2.45) is 14.1 Å². The van der Waals surface area contributed by atoms with Crippen LogP contribution in [0.4, 0.5) is 0 Å². The molecule has 3 nitrogen and oxygen atoms in total. The predicted octanol–water partition coefficient (Wildman–Crippen LogP) is 5.53. The van der Waals surface area contributed by atoms with E-state index >= 15 is 0 Å². The van der Waals surface area contributed by atoms with Crippen LogP contribution >= 0.6 is 0 Å². The quantitative estimate of drug-likeness (QED) is 0.361. The van der Waals surface area contributed by atoms with E-state index in [0.29, 0.717) is 0 Å². The highest BCUT2D eigenvalue weighted by Crippen LogP contribution is 2.37. The van der Waals surface area contributed by atoms with Gasteiger partial charge in [-0.3, -0.25) is 0 Å². The maximum Gasteiger partial charge on any atom is 0.280 e. The van der Waals surface area contributed by atoms with Crippen molar-refractivity contribution in [3.63, 3.8) is 0 Å². The van der Waals surface area contributed by atoms with Gasteiger partial charge in [-0.2, -0.15) is 4.68 Å². The summed E-state index contributed by atoms with van der Waals surface area (Å²) in [7, 11) is 4.20. The zero-order valence-electron chi connectivity index (χ0n) is 16.8. The molecule has 27 heavy (non-hydrogen) atoms. The summed E-state index contributed by atoms with van der Waals surface area (Å²) < 4.78 is 10.8. The maximum atomic E-state index is 6.42. The van der Waals surface area contributed by atoms with Crippen LogP contribution in [0.2, 0.25) is 0 Å². The van der Waals surface area contributed by atoms with Crippen LogP contribution in [-0.4, -0.2) is 11.3 Å². The van der Waals surface area contributed by atoms with Crippen LogP contribution in [0.15, 0.2) is 60.7 Å². The van der Waals surface area contributed by atoms with E-state index in [1.54, 1.807) is 0 Å². The van der Waals surface area contributed by atoms with Gasteiger partial charge in [0.15, 0.2) is 12.7 Å². The molecule has 0 unspecified atom stereocenters. The molecule has 1 aromatic heterocycles. The van der Waals surface area contributed by atoms with E-state index in [0.717, 1.165) is 30.2 Å². The molecule has 0 fully saturated rings. The first-order chi connectivity index (χ1) is 13.2. The van der Waals surface area contributed by atoms with Gasteiger partial charge in [0.05, 0.1) is 19.2 Å². The molecule has 2 aromatic carbocycles. The summed E-state index contributed by atoms with van der Waals surface area (Å²) >= 11 is 0. The Morgan fingerprint density at radius 2 is 1.41 bits per heavy atom. The van der Waals surface area contributed by atoms with Crippen molar-refractivity contribution >= 4 is 0 Å². The van der Waals surface area contributed by atoms with Gasteiger partial charge in [-0.15, -0.1) is 4.68 Å². The Hall–Kier alpha value is -2.55. The van der Waals surface area contributed by atoms with E-state index < -0.39 is 0 Å². The van der Waals surface area contributed by atoms with E-state index in [-0.39, 0.29) is 0 Å². The van der Waals surface area contributed by atoms with Gasteiger partial charge in [-0.1, -0.05) is 81.1 Å². The largest absolute Gasteiger partial charge is 0.485 e. The lowest BCUT2D eigenvalue weighted by atomic mass is 10.1. The Labute approximate surface area is 163 Å². The van der Waals surface area contributed by atoms with Gasteiger partial charge >= 0.3 is 0 Å². The molecule has 0 saturated heterocycles. The van der Waals surface area contributed by atoms with Gasteiger partial charge in [0.2, 0.25) is 5.75 Å². The maximum absolute atomic E-state index is 6.42. The molecule has 0 aliphatic heterocycles. The third-order valence-electron chi connectivity index (χ3n) is 5.12. The first-order valence-corrected chi connectivity index (χ1v) is 10.1.